The first-order chi connectivity index (χ1) is 13.7. The molecule has 2 rings (SSSR count). The summed E-state index contributed by atoms with van der Waals surface area (Å²) in [5, 5.41) is 10.7. The first-order valence-corrected chi connectivity index (χ1v) is 8.86. The summed E-state index contributed by atoms with van der Waals surface area (Å²) in [7, 11) is 1.28. The Labute approximate surface area is 167 Å². The molecule has 2 aromatic carbocycles. The molecule has 8 nitrogen and oxygen atoms in total. The summed E-state index contributed by atoms with van der Waals surface area (Å²) in [6, 6.07) is 11.2. The summed E-state index contributed by atoms with van der Waals surface area (Å²) in [6.45, 7) is 1.75. The van der Waals surface area contributed by atoms with Gasteiger partial charge in [-0.05, 0) is 49.6 Å². The van der Waals surface area contributed by atoms with E-state index in [2.05, 4.69) is 10.9 Å². The third-order valence-electron chi connectivity index (χ3n) is 4.46. The van der Waals surface area contributed by atoms with Crippen molar-refractivity contribution in [1.29, 1.82) is 0 Å². The van der Waals surface area contributed by atoms with Gasteiger partial charge in [0.2, 0.25) is 0 Å². The average Bonchev–Trinajstić information content (AvgIpc) is 2.71. The molecule has 0 radical (unpaired) electrons. The molecule has 2 N–H and O–H groups in total. The van der Waals surface area contributed by atoms with Crippen molar-refractivity contribution in [3.63, 3.8) is 0 Å². The number of rotatable bonds is 9. The zero-order valence-electron chi connectivity index (χ0n) is 16.1. The lowest BCUT2D eigenvalue weighted by Gasteiger charge is -2.30. The van der Waals surface area contributed by atoms with Crippen LogP contribution in [0.5, 0.6) is 0 Å². The van der Waals surface area contributed by atoms with Crippen molar-refractivity contribution >= 4 is 17.6 Å². The van der Waals surface area contributed by atoms with E-state index in [1.807, 2.05) is 0 Å². The highest BCUT2D eigenvalue weighted by Gasteiger charge is 2.28. The molecule has 0 saturated carbocycles. The highest BCUT2D eigenvalue weighted by Crippen LogP contribution is 2.19. The van der Waals surface area contributed by atoms with E-state index in [0.717, 1.165) is 5.56 Å². The highest BCUT2D eigenvalue weighted by atomic mass is 19.1. The minimum atomic E-state index is -0.835. The third-order valence-corrected chi connectivity index (χ3v) is 4.46. The Hall–Kier alpha value is -3.33. The number of nitrogens with one attached hydrogen (secondary N) is 2. The van der Waals surface area contributed by atoms with Crippen LogP contribution < -0.4 is 10.9 Å². The van der Waals surface area contributed by atoms with Gasteiger partial charge >= 0.3 is 5.97 Å². The highest BCUT2D eigenvalue weighted by molar-refractivity contribution is 5.94. The Morgan fingerprint density at radius 3 is 2.31 bits per heavy atom. The topological polar surface area (TPSA) is 111 Å². The van der Waals surface area contributed by atoms with Crippen LogP contribution in [0.1, 0.15) is 35.7 Å². The molecule has 2 aromatic rings. The molecule has 1 amide bonds. The molecule has 9 heteroatoms. The average molecular weight is 403 g/mol. The number of aryl methyl sites for hydroxylation is 1. The largest absolute Gasteiger partial charge is 0.469 e. The van der Waals surface area contributed by atoms with E-state index in [4.69, 9.17) is 4.74 Å². The van der Waals surface area contributed by atoms with Gasteiger partial charge in [-0.2, -0.15) is 0 Å². The minimum absolute atomic E-state index is 0.00869. The lowest BCUT2D eigenvalue weighted by Crippen LogP contribution is -2.53. The number of nitro groups is 1. The van der Waals surface area contributed by atoms with Crippen molar-refractivity contribution in [2.24, 2.45) is 0 Å². The SMILES string of the molecule is COC(=O)CC(C)(CCc1ccc(F)cc1)NNC(=O)c1ccc([N+](=O)[O-])cc1. The molecule has 0 heterocycles. The molecule has 0 aromatic heterocycles. The van der Waals surface area contributed by atoms with Gasteiger partial charge in [0, 0.05) is 23.2 Å². The molecule has 0 aliphatic rings. The number of methoxy groups -OCH3 is 1. The van der Waals surface area contributed by atoms with Gasteiger partial charge in [-0.1, -0.05) is 12.1 Å². The van der Waals surface area contributed by atoms with Crippen molar-refractivity contribution in [2.45, 2.75) is 31.7 Å². The van der Waals surface area contributed by atoms with Crippen molar-refractivity contribution in [3.8, 4) is 0 Å². The van der Waals surface area contributed by atoms with Crippen LogP contribution in [-0.4, -0.2) is 29.4 Å². The number of hydrogen-bond acceptors (Lipinski definition) is 6. The van der Waals surface area contributed by atoms with Crippen LogP contribution >= 0.6 is 0 Å². The van der Waals surface area contributed by atoms with Gasteiger partial charge in [-0.15, -0.1) is 0 Å². The maximum Gasteiger partial charge on any atom is 0.307 e. The number of hydrazine groups is 1. The Morgan fingerprint density at radius 1 is 1.14 bits per heavy atom. The van der Waals surface area contributed by atoms with E-state index in [9.17, 15) is 24.1 Å². The third kappa shape index (κ3) is 6.65. The second-order valence-corrected chi connectivity index (χ2v) is 6.82. The fourth-order valence-corrected chi connectivity index (χ4v) is 2.67. The quantitative estimate of drug-likeness (QED) is 0.378. The number of nitrogens with zero attached hydrogens (tertiary/aromatic N) is 1. The van der Waals surface area contributed by atoms with Gasteiger partial charge in [0.1, 0.15) is 5.82 Å². The Balaban J connectivity index is 2.04. The van der Waals surface area contributed by atoms with Crippen molar-refractivity contribution < 1.29 is 23.6 Å². The molecule has 0 saturated heterocycles. The Morgan fingerprint density at radius 2 is 1.76 bits per heavy atom. The molecule has 0 aliphatic heterocycles. The summed E-state index contributed by atoms with van der Waals surface area (Å²) in [5.41, 5.74) is 5.56. The number of carbonyl (C=O) groups is 2. The second kappa shape index (κ2) is 9.74. The van der Waals surface area contributed by atoms with Crippen molar-refractivity contribution in [2.75, 3.05) is 7.11 Å². The fraction of sp³-hybridized carbons (Fsp3) is 0.300. The lowest BCUT2D eigenvalue weighted by molar-refractivity contribution is -0.384. The molecule has 0 aliphatic carbocycles. The molecule has 154 valence electrons. The monoisotopic (exact) mass is 403 g/mol. The minimum Gasteiger partial charge on any atom is -0.469 e. The van der Waals surface area contributed by atoms with Crippen LogP contribution in [0, 0.1) is 15.9 Å². The number of non-ortho nitro benzene ring substituents is 1. The normalized spacial score (nSPS) is 12.7. The van der Waals surface area contributed by atoms with Crippen LogP contribution in [-0.2, 0) is 16.0 Å². The standard InChI is InChI=1S/C20H22FN3O5/c1-20(13-18(25)29-2,12-11-14-3-7-16(21)8-4-14)23-22-19(26)15-5-9-17(10-6-15)24(27)28/h3-10,23H,11-13H2,1-2H3,(H,22,26). The lowest BCUT2D eigenvalue weighted by atomic mass is 9.90. The molecule has 0 bridgehead atoms. The first kappa shape index (κ1) is 22.0. The predicted octanol–water partition coefficient (Wildman–Crippen LogP) is 2.92. The van der Waals surface area contributed by atoms with Crippen LogP contribution in [0.15, 0.2) is 48.5 Å². The van der Waals surface area contributed by atoms with E-state index in [1.165, 1.54) is 43.5 Å². The number of nitro benzene ring substituents is 1. The van der Waals surface area contributed by atoms with Crippen LogP contribution in [0.4, 0.5) is 10.1 Å². The molecular weight excluding hydrogens is 381 g/mol. The molecular formula is C20H22FN3O5. The maximum atomic E-state index is 13.1. The predicted molar refractivity (Wildman–Crippen MR) is 103 cm³/mol. The van der Waals surface area contributed by atoms with Gasteiger partial charge in [-0.25, -0.2) is 9.82 Å². The Kier molecular flexibility index (Phi) is 7.38. The first-order valence-electron chi connectivity index (χ1n) is 8.86. The number of amides is 1. The zero-order valence-corrected chi connectivity index (χ0v) is 16.1. The van der Waals surface area contributed by atoms with Gasteiger partial charge in [-0.3, -0.25) is 25.1 Å². The number of halogens is 1. The maximum absolute atomic E-state index is 13.1. The summed E-state index contributed by atoms with van der Waals surface area (Å²) in [4.78, 5) is 34.3. The summed E-state index contributed by atoms with van der Waals surface area (Å²) in [5.74, 6) is -1.29. The second-order valence-electron chi connectivity index (χ2n) is 6.82. The van der Waals surface area contributed by atoms with Crippen molar-refractivity contribution in [3.05, 3.63) is 75.6 Å². The van der Waals surface area contributed by atoms with Gasteiger partial charge < -0.3 is 4.74 Å². The van der Waals surface area contributed by atoms with Crippen LogP contribution in [0.25, 0.3) is 0 Å². The van der Waals surface area contributed by atoms with Gasteiger partial charge in [0.25, 0.3) is 11.6 Å². The van der Waals surface area contributed by atoms with Gasteiger partial charge in [0.05, 0.1) is 18.5 Å². The summed E-state index contributed by atoms with van der Waals surface area (Å²) >= 11 is 0. The van der Waals surface area contributed by atoms with E-state index >= 15 is 0 Å². The molecule has 1 unspecified atom stereocenters. The smallest absolute Gasteiger partial charge is 0.307 e. The summed E-state index contributed by atoms with van der Waals surface area (Å²) < 4.78 is 17.8. The van der Waals surface area contributed by atoms with Gasteiger partial charge in [0.15, 0.2) is 0 Å². The number of benzene rings is 2. The fourth-order valence-electron chi connectivity index (χ4n) is 2.67. The van der Waals surface area contributed by atoms with Crippen LogP contribution in [0.3, 0.4) is 0 Å². The Bertz CT molecular complexity index is 871. The number of carbonyl (C=O) groups excluding carboxylic acids is 2. The van der Waals surface area contributed by atoms with E-state index in [0.29, 0.717) is 12.8 Å². The number of hydrogen-bond donors (Lipinski definition) is 2. The summed E-state index contributed by atoms with van der Waals surface area (Å²) in [6.07, 6.45) is 0.980. The van der Waals surface area contributed by atoms with E-state index < -0.39 is 22.3 Å². The number of ether oxygens (including phenoxy) is 1. The van der Waals surface area contributed by atoms with E-state index in [1.54, 1.807) is 19.1 Å². The molecule has 0 fully saturated rings. The zero-order chi connectivity index (χ0) is 21.4. The number of esters is 1. The molecule has 1 atom stereocenters. The molecule has 29 heavy (non-hydrogen) atoms. The van der Waals surface area contributed by atoms with Crippen molar-refractivity contribution in [1.82, 2.24) is 10.9 Å². The van der Waals surface area contributed by atoms with E-state index in [-0.39, 0.29) is 23.5 Å². The molecule has 0 spiro atoms. The van der Waals surface area contributed by atoms with Crippen LogP contribution in [0.2, 0.25) is 0 Å².